The highest BCUT2D eigenvalue weighted by molar-refractivity contribution is 5.79. The predicted molar refractivity (Wildman–Crippen MR) is 92.2 cm³/mol. The van der Waals surface area contributed by atoms with Gasteiger partial charge in [-0.3, -0.25) is 9.59 Å². The average molecular weight is 333 g/mol. The molecule has 0 radical (unpaired) electrons. The van der Waals surface area contributed by atoms with E-state index in [-0.39, 0.29) is 18.9 Å². The maximum absolute atomic E-state index is 12.3. The summed E-state index contributed by atoms with van der Waals surface area (Å²) in [5, 5.41) is 12.0. The van der Waals surface area contributed by atoms with Crippen LogP contribution in [-0.4, -0.2) is 29.1 Å². The van der Waals surface area contributed by atoms with E-state index in [1.54, 1.807) is 0 Å². The minimum atomic E-state index is -0.875. The molecule has 2 N–H and O–H groups in total. The third kappa shape index (κ3) is 4.73. The van der Waals surface area contributed by atoms with Crippen LogP contribution in [0.4, 0.5) is 0 Å². The van der Waals surface area contributed by atoms with E-state index in [0.717, 1.165) is 30.6 Å². The zero-order valence-corrected chi connectivity index (χ0v) is 14.5. The summed E-state index contributed by atoms with van der Waals surface area (Å²) in [5.74, 6) is -0.0458. The lowest BCUT2D eigenvalue weighted by Crippen LogP contribution is -2.49. The molecule has 1 aromatic rings. The van der Waals surface area contributed by atoms with Gasteiger partial charge in [-0.25, -0.2) is 0 Å². The van der Waals surface area contributed by atoms with Crippen LogP contribution in [0.1, 0.15) is 63.9 Å². The summed E-state index contributed by atoms with van der Waals surface area (Å²) in [5.41, 5.74) is 0.483. The standard InChI is InChI=1S/C19H27NO4/c1-3-14(2)15-8-4-5-9-16(15)24-13-17(21)20-19(12-18(22)23)10-6-7-11-19/h4-5,8-9,14H,3,6-7,10-13H2,1-2H3,(H,20,21)(H,22,23). The first-order valence-corrected chi connectivity index (χ1v) is 8.70. The van der Waals surface area contributed by atoms with E-state index in [4.69, 9.17) is 9.84 Å². The number of rotatable bonds is 8. The van der Waals surface area contributed by atoms with Crippen molar-refractivity contribution in [1.82, 2.24) is 5.32 Å². The number of nitrogens with one attached hydrogen (secondary N) is 1. The Bertz CT molecular complexity index is 578. The van der Waals surface area contributed by atoms with Crippen molar-refractivity contribution in [3.05, 3.63) is 29.8 Å². The Morgan fingerprint density at radius 2 is 1.96 bits per heavy atom. The molecule has 1 atom stereocenters. The highest BCUT2D eigenvalue weighted by Gasteiger charge is 2.37. The van der Waals surface area contributed by atoms with Crippen molar-refractivity contribution < 1.29 is 19.4 Å². The lowest BCUT2D eigenvalue weighted by atomic mass is 9.93. The van der Waals surface area contributed by atoms with Crippen molar-refractivity contribution in [2.24, 2.45) is 0 Å². The monoisotopic (exact) mass is 333 g/mol. The molecule has 5 nitrogen and oxygen atoms in total. The Labute approximate surface area is 143 Å². The van der Waals surface area contributed by atoms with Crippen LogP contribution < -0.4 is 10.1 Å². The van der Waals surface area contributed by atoms with Gasteiger partial charge < -0.3 is 15.2 Å². The zero-order valence-electron chi connectivity index (χ0n) is 14.5. The summed E-state index contributed by atoms with van der Waals surface area (Å²) in [6, 6.07) is 7.75. The van der Waals surface area contributed by atoms with Crippen LogP contribution in [0.15, 0.2) is 24.3 Å². The van der Waals surface area contributed by atoms with Crippen LogP contribution in [0.2, 0.25) is 0 Å². The summed E-state index contributed by atoms with van der Waals surface area (Å²) in [6.45, 7) is 4.15. The maximum Gasteiger partial charge on any atom is 0.305 e. The van der Waals surface area contributed by atoms with Crippen LogP contribution in [0, 0.1) is 0 Å². The number of carbonyl (C=O) groups excluding carboxylic acids is 1. The number of hydrogen-bond donors (Lipinski definition) is 2. The molecule has 1 aromatic carbocycles. The molecular weight excluding hydrogens is 306 g/mol. The van der Waals surface area contributed by atoms with Crippen molar-refractivity contribution in [2.75, 3.05) is 6.61 Å². The number of aliphatic carboxylic acids is 1. The van der Waals surface area contributed by atoms with E-state index in [1.165, 1.54) is 0 Å². The first kappa shape index (κ1) is 18.3. The van der Waals surface area contributed by atoms with Gasteiger partial charge in [-0.2, -0.15) is 0 Å². The van der Waals surface area contributed by atoms with E-state index < -0.39 is 11.5 Å². The second kappa shape index (κ2) is 8.18. The van der Waals surface area contributed by atoms with Crippen molar-refractivity contribution in [3.8, 4) is 5.75 Å². The second-order valence-electron chi connectivity index (χ2n) is 6.74. The molecule has 0 bridgehead atoms. The number of hydrogen-bond acceptors (Lipinski definition) is 3. The second-order valence-corrected chi connectivity index (χ2v) is 6.74. The van der Waals surface area contributed by atoms with Crippen LogP contribution in [0.3, 0.4) is 0 Å². The van der Waals surface area contributed by atoms with Gasteiger partial charge in [-0.05, 0) is 36.8 Å². The maximum atomic E-state index is 12.3. The topological polar surface area (TPSA) is 75.6 Å². The van der Waals surface area contributed by atoms with E-state index in [1.807, 2.05) is 24.3 Å². The molecule has 2 rings (SSSR count). The quantitative estimate of drug-likeness (QED) is 0.763. The van der Waals surface area contributed by atoms with Gasteiger partial charge in [0.2, 0.25) is 0 Å². The summed E-state index contributed by atoms with van der Waals surface area (Å²) >= 11 is 0. The van der Waals surface area contributed by atoms with Gasteiger partial charge in [0, 0.05) is 0 Å². The van der Waals surface area contributed by atoms with Crippen LogP contribution in [0.5, 0.6) is 5.75 Å². The fourth-order valence-corrected chi connectivity index (χ4v) is 3.40. The molecule has 1 aliphatic rings. The molecule has 24 heavy (non-hydrogen) atoms. The number of carbonyl (C=O) groups is 2. The summed E-state index contributed by atoms with van der Waals surface area (Å²) in [4.78, 5) is 23.4. The molecule has 1 saturated carbocycles. The van der Waals surface area contributed by atoms with Gasteiger partial charge >= 0.3 is 5.97 Å². The molecule has 1 amide bonds. The van der Waals surface area contributed by atoms with Gasteiger partial charge in [0.1, 0.15) is 5.75 Å². The molecule has 0 heterocycles. The first-order chi connectivity index (χ1) is 11.5. The van der Waals surface area contributed by atoms with E-state index in [2.05, 4.69) is 19.2 Å². The van der Waals surface area contributed by atoms with Crippen molar-refractivity contribution in [2.45, 2.75) is 63.8 Å². The minimum Gasteiger partial charge on any atom is -0.483 e. The van der Waals surface area contributed by atoms with Gasteiger partial charge in [0.15, 0.2) is 6.61 Å². The zero-order chi connectivity index (χ0) is 17.6. The Morgan fingerprint density at radius 3 is 2.58 bits per heavy atom. The summed E-state index contributed by atoms with van der Waals surface area (Å²) in [7, 11) is 0. The largest absolute Gasteiger partial charge is 0.483 e. The van der Waals surface area contributed by atoms with Crippen LogP contribution >= 0.6 is 0 Å². The lowest BCUT2D eigenvalue weighted by molar-refractivity contribution is -0.139. The molecule has 0 spiro atoms. The Balaban J connectivity index is 1.97. The fraction of sp³-hybridized carbons (Fsp3) is 0.579. The molecular formula is C19H27NO4. The number of carboxylic acids is 1. The van der Waals surface area contributed by atoms with Gasteiger partial charge in [0.05, 0.1) is 12.0 Å². The normalized spacial score (nSPS) is 17.2. The molecule has 1 aliphatic carbocycles. The van der Waals surface area contributed by atoms with E-state index >= 15 is 0 Å². The van der Waals surface area contributed by atoms with Crippen molar-refractivity contribution in [3.63, 3.8) is 0 Å². The molecule has 1 fully saturated rings. The van der Waals surface area contributed by atoms with Crippen molar-refractivity contribution in [1.29, 1.82) is 0 Å². The third-order valence-electron chi connectivity index (χ3n) is 4.88. The number of ether oxygens (including phenoxy) is 1. The SMILES string of the molecule is CCC(C)c1ccccc1OCC(=O)NC1(CC(=O)O)CCCC1. The molecule has 1 unspecified atom stereocenters. The Hall–Kier alpha value is -2.04. The smallest absolute Gasteiger partial charge is 0.305 e. The predicted octanol–water partition coefficient (Wildman–Crippen LogP) is 3.48. The Morgan fingerprint density at radius 1 is 1.29 bits per heavy atom. The molecule has 0 saturated heterocycles. The highest BCUT2D eigenvalue weighted by Crippen LogP contribution is 2.33. The Kier molecular flexibility index (Phi) is 6.23. The lowest BCUT2D eigenvalue weighted by Gasteiger charge is -2.28. The average Bonchev–Trinajstić information content (AvgIpc) is 2.99. The van der Waals surface area contributed by atoms with E-state index in [9.17, 15) is 9.59 Å². The summed E-state index contributed by atoms with van der Waals surface area (Å²) < 4.78 is 5.72. The first-order valence-electron chi connectivity index (χ1n) is 8.70. The third-order valence-corrected chi connectivity index (χ3v) is 4.88. The fourth-order valence-electron chi connectivity index (χ4n) is 3.40. The van der Waals surface area contributed by atoms with E-state index in [0.29, 0.717) is 18.8 Å². The number of amides is 1. The number of benzene rings is 1. The highest BCUT2D eigenvalue weighted by atomic mass is 16.5. The molecule has 0 aromatic heterocycles. The van der Waals surface area contributed by atoms with Crippen LogP contribution in [0.25, 0.3) is 0 Å². The van der Waals surface area contributed by atoms with Gasteiger partial charge in [0.25, 0.3) is 5.91 Å². The van der Waals surface area contributed by atoms with Crippen molar-refractivity contribution >= 4 is 11.9 Å². The number of para-hydroxylation sites is 1. The van der Waals surface area contributed by atoms with Gasteiger partial charge in [-0.15, -0.1) is 0 Å². The molecule has 5 heteroatoms. The van der Waals surface area contributed by atoms with Gasteiger partial charge in [-0.1, -0.05) is 44.9 Å². The van der Waals surface area contributed by atoms with Crippen LogP contribution in [-0.2, 0) is 9.59 Å². The number of carboxylic acid groups (broad SMARTS) is 1. The summed E-state index contributed by atoms with van der Waals surface area (Å²) in [6.07, 6.45) is 4.30. The molecule has 0 aliphatic heterocycles. The molecule has 132 valence electrons. The minimum absolute atomic E-state index is 0.0256.